The van der Waals surface area contributed by atoms with Crippen molar-refractivity contribution in [3.05, 3.63) is 112 Å². The molecule has 0 bridgehead atoms. The summed E-state index contributed by atoms with van der Waals surface area (Å²) in [6, 6.07) is 35.5. The van der Waals surface area contributed by atoms with Crippen LogP contribution in [0.15, 0.2) is 101 Å². The van der Waals surface area contributed by atoms with Gasteiger partial charge >= 0.3 is 0 Å². The van der Waals surface area contributed by atoms with Crippen LogP contribution in [0.1, 0.15) is 25.0 Å². The summed E-state index contributed by atoms with van der Waals surface area (Å²) in [4.78, 5) is 0. The molecule has 0 amide bonds. The summed E-state index contributed by atoms with van der Waals surface area (Å²) in [5.41, 5.74) is 10.3. The van der Waals surface area contributed by atoms with E-state index in [-0.39, 0.29) is 5.41 Å². The van der Waals surface area contributed by atoms with Gasteiger partial charge in [-0.1, -0.05) is 80.6 Å². The zero-order chi connectivity index (χ0) is 23.0. The summed E-state index contributed by atoms with van der Waals surface area (Å²) in [7, 11) is 0. The van der Waals surface area contributed by atoms with E-state index in [0.717, 1.165) is 0 Å². The Morgan fingerprint density at radius 3 is 2.00 bits per heavy atom. The number of benzene rings is 4. The predicted molar refractivity (Wildman–Crippen MR) is 149 cm³/mol. The first-order valence-electron chi connectivity index (χ1n) is 11.6. The molecule has 1 aliphatic rings. The van der Waals surface area contributed by atoms with Gasteiger partial charge in [-0.25, -0.2) is 0 Å². The fourth-order valence-corrected chi connectivity index (χ4v) is 7.31. The second-order valence-electron chi connectivity index (χ2n) is 9.61. The number of rotatable bonds is 2. The van der Waals surface area contributed by atoms with Gasteiger partial charge in [-0.3, -0.25) is 0 Å². The van der Waals surface area contributed by atoms with Gasteiger partial charge in [0.05, 0.1) is 14.8 Å². The van der Waals surface area contributed by atoms with Gasteiger partial charge in [-0.05, 0) is 79.6 Å². The van der Waals surface area contributed by atoms with Gasteiger partial charge < -0.3 is 4.57 Å². The van der Waals surface area contributed by atoms with Crippen LogP contribution in [0, 0.1) is 0 Å². The topological polar surface area (TPSA) is 4.93 Å². The van der Waals surface area contributed by atoms with Crippen molar-refractivity contribution in [2.75, 3.05) is 0 Å². The summed E-state index contributed by atoms with van der Waals surface area (Å²) in [5.74, 6) is 0. The molecule has 0 atom stereocenters. The minimum Gasteiger partial charge on any atom is -0.300 e. The Balaban J connectivity index is 1.65. The maximum Gasteiger partial charge on any atom is 0.105 e. The van der Waals surface area contributed by atoms with Crippen LogP contribution in [0.5, 0.6) is 0 Å². The second-order valence-corrected chi connectivity index (χ2v) is 12.0. The van der Waals surface area contributed by atoms with E-state index in [1.807, 2.05) is 11.3 Å². The Kier molecular flexibility index (Phi) is 4.28. The molecule has 1 nitrogen and oxygen atoms in total. The largest absolute Gasteiger partial charge is 0.300 e. The molecule has 164 valence electrons. The van der Waals surface area contributed by atoms with Gasteiger partial charge in [0.2, 0.25) is 0 Å². The quantitative estimate of drug-likeness (QED) is 0.214. The third kappa shape index (κ3) is 2.77. The van der Waals surface area contributed by atoms with E-state index in [0.29, 0.717) is 0 Å². The average Bonchev–Trinajstić information content (AvgIpc) is 3.42. The Bertz CT molecular complexity index is 1720. The molecule has 0 saturated carbocycles. The number of aromatic nitrogens is 1. The lowest BCUT2D eigenvalue weighted by Crippen LogP contribution is -2.24. The third-order valence-corrected chi connectivity index (χ3v) is 8.93. The summed E-state index contributed by atoms with van der Waals surface area (Å²) in [5, 5.41) is 3.96. The summed E-state index contributed by atoms with van der Waals surface area (Å²) in [6.07, 6.45) is 0. The molecule has 2 aromatic heterocycles. The van der Waals surface area contributed by atoms with Gasteiger partial charge in [-0.2, -0.15) is 0 Å². The van der Waals surface area contributed by atoms with Gasteiger partial charge in [-0.15, -0.1) is 11.3 Å². The maximum atomic E-state index is 3.79. The fourth-order valence-electron chi connectivity index (χ4n) is 5.55. The Hall–Kier alpha value is -3.14. The SMILES string of the molecule is CC1(C)c2cc(Br)sc2-n2c3ccc(-c4ccccc4)cc3c3cc(-c4ccccc4)cc1c32. The lowest BCUT2D eigenvalue weighted by Gasteiger charge is -2.32. The Labute approximate surface area is 211 Å². The smallest absolute Gasteiger partial charge is 0.105 e. The van der Waals surface area contributed by atoms with Crippen molar-refractivity contribution in [3.8, 4) is 27.3 Å². The zero-order valence-corrected chi connectivity index (χ0v) is 21.4. The molecule has 0 aliphatic carbocycles. The van der Waals surface area contributed by atoms with Crippen LogP contribution >= 0.6 is 27.3 Å². The van der Waals surface area contributed by atoms with E-state index in [1.54, 1.807) is 0 Å². The number of nitrogens with zero attached hydrogens (tertiary/aromatic N) is 1. The highest BCUT2D eigenvalue weighted by Crippen LogP contribution is 2.52. The van der Waals surface area contributed by atoms with E-state index in [2.05, 4.69) is 131 Å². The zero-order valence-electron chi connectivity index (χ0n) is 19.0. The van der Waals surface area contributed by atoms with E-state index in [4.69, 9.17) is 0 Å². The van der Waals surface area contributed by atoms with Crippen molar-refractivity contribution in [1.82, 2.24) is 4.57 Å². The van der Waals surface area contributed by atoms with Crippen molar-refractivity contribution < 1.29 is 0 Å². The van der Waals surface area contributed by atoms with Crippen LogP contribution in [0.25, 0.3) is 49.1 Å². The molecule has 0 radical (unpaired) electrons. The maximum absolute atomic E-state index is 3.79. The van der Waals surface area contributed by atoms with E-state index >= 15 is 0 Å². The van der Waals surface area contributed by atoms with Crippen LogP contribution in [0.3, 0.4) is 0 Å². The van der Waals surface area contributed by atoms with E-state index < -0.39 is 0 Å². The van der Waals surface area contributed by atoms with Crippen molar-refractivity contribution in [2.45, 2.75) is 19.3 Å². The molecule has 0 N–H and O–H groups in total. The number of thiophene rings is 1. The monoisotopic (exact) mass is 519 g/mol. The summed E-state index contributed by atoms with van der Waals surface area (Å²) >= 11 is 5.62. The normalized spacial score (nSPS) is 14.0. The molecule has 6 aromatic rings. The van der Waals surface area contributed by atoms with Gasteiger partial charge in [0.15, 0.2) is 0 Å². The van der Waals surface area contributed by atoms with E-state index in [1.165, 1.54) is 64.0 Å². The van der Waals surface area contributed by atoms with Gasteiger partial charge in [0.1, 0.15) is 5.00 Å². The van der Waals surface area contributed by atoms with Crippen molar-refractivity contribution >= 4 is 49.1 Å². The minimum atomic E-state index is -0.0898. The van der Waals surface area contributed by atoms with Crippen LogP contribution in [0.4, 0.5) is 0 Å². The third-order valence-electron chi connectivity index (χ3n) is 7.31. The fraction of sp³-hybridized carbons (Fsp3) is 0.0968. The molecule has 1 aliphatic heterocycles. The van der Waals surface area contributed by atoms with Gasteiger partial charge in [0, 0.05) is 16.2 Å². The summed E-state index contributed by atoms with van der Waals surface area (Å²) in [6.45, 7) is 4.73. The lowest BCUT2D eigenvalue weighted by atomic mass is 9.75. The summed E-state index contributed by atoms with van der Waals surface area (Å²) < 4.78 is 3.68. The molecule has 7 rings (SSSR count). The molecule has 0 fully saturated rings. The molecule has 3 heteroatoms. The van der Waals surface area contributed by atoms with E-state index in [9.17, 15) is 0 Å². The minimum absolute atomic E-state index is 0.0898. The standard InChI is InChI=1S/C31H22BrNS/c1-31(2)25-17-22(20-11-7-4-8-12-20)16-24-23-15-21(19-9-5-3-6-10-19)13-14-27(23)33(29(24)25)30-26(31)18-28(32)34-30/h3-18H,1-2H3. The first-order chi connectivity index (χ1) is 16.5. The Morgan fingerprint density at radius 1 is 0.647 bits per heavy atom. The van der Waals surface area contributed by atoms with Crippen molar-refractivity contribution in [2.24, 2.45) is 0 Å². The molecule has 0 saturated heterocycles. The number of hydrogen-bond acceptors (Lipinski definition) is 1. The van der Waals surface area contributed by atoms with Gasteiger partial charge in [0.25, 0.3) is 0 Å². The van der Waals surface area contributed by atoms with Crippen LogP contribution in [0.2, 0.25) is 0 Å². The van der Waals surface area contributed by atoms with Crippen molar-refractivity contribution in [1.29, 1.82) is 0 Å². The number of hydrogen-bond donors (Lipinski definition) is 0. The highest BCUT2D eigenvalue weighted by Gasteiger charge is 2.37. The molecule has 0 unspecified atom stereocenters. The molecular formula is C31H22BrNS. The lowest BCUT2D eigenvalue weighted by molar-refractivity contribution is 0.635. The predicted octanol–water partition coefficient (Wildman–Crippen LogP) is 9.58. The number of halogens is 1. The first-order valence-corrected chi connectivity index (χ1v) is 13.2. The molecule has 34 heavy (non-hydrogen) atoms. The van der Waals surface area contributed by atoms with Crippen LogP contribution < -0.4 is 0 Å². The second kappa shape index (κ2) is 7.18. The molecule has 4 aromatic carbocycles. The Morgan fingerprint density at radius 2 is 1.29 bits per heavy atom. The first kappa shape index (κ1) is 20.3. The number of fused-ring (bicyclic) bond motifs is 5. The average molecular weight is 520 g/mol. The highest BCUT2D eigenvalue weighted by atomic mass is 79.9. The molecular weight excluding hydrogens is 498 g/mol. The molecule has 0 spiro atoms. The van der Waals surface area contributed by atoms with Crippen LogP contribution in [-0.4, -0.2) is 4.57 Å². The van der Waals surface area contributed by atoms with Crippen LogP contribution in [-0.2, 0) is 5.41 Å². The molecule has 3 heterocycles. The van der Waals surface area contributed by atoms with Crippen molar-refractivity contribution in [3.63, 3.8) is 0 Å². The highest BCUT2D eigenvalue weighted by molar-refractivity contribution is 9.11.